The Morgan fingerprint density at radius 3 is 2.75 bits per heavy atom. The van der Waals surface area contributed by atoms with Gasteiger partial charge < -0.3 is 15.3 Å². The number of nitrogen functional groups attached to an aromatic ring is 1. The number of hydrogen-bond acceptors (Lipinski definition) is 7. The lowest BCUT2D eigenvalue weighted by atomic mass is 9.93. The van der Waals surface area contributed by atoms with Crippen LogP contribution >= 0.6 is 11.3 Å². The van der Waals surface area contributed by atoms with Gasteiger partial charge >= 0.3 is 0 Å². The van der Waals surface area contributed by atoms with Crippen LogP contribution in [0.4, 0.5) is 10.2 Å². The van der Waals surface area contributed by atoms with Crippen molar-refractivity contribution in [2.24, 2.45) is 0 Å². The van der Waals surface area contributed by atoms with E-state index in [1.165, 1.54) is 23.6 Å². The zero-order valence-electron chi connectivity index (χ0n) is 17.0. The molecule has 0 amide bonds. The predicted molar refractivity (Wildman–Crippen MR) is 122 cm³/mol. The zero-order chi connectivity index (χ0) is 21.8. The number of anilines is 1. The number of nitrogens with two attached hydrogens (primary N) is 1. The molecule has 0 spiro atoms. The van der Waals surface area contributed by atoms with Crippen LogP contribution in [0.25, 0.3) is 43.5 Å². The van der Waals surface area contributed by atoms with Gasteiger partial charge in [0, 0.05) is 57.5 Å². The Kier molecular flexibility index (Phi) is 4.48. The molecular formula is C23H20FN5O2S. The van der Waals surface area contributed by atoms with Crippen LogP contribution in [0, 0.1) is 5.95 Å². The number of aromatic nitrogens is 4. The Labute approximate surface area is 186 Å². The molecule has 0 aromatic carbocycles. The van der Waals surface area contributed by atoms with Gasteiger partial charge in [0.25, 0.3) is 0 Å². The minimum atomic E-state index is -0.530. The van der Waals surface area contributed by atoms with Crippen molar-refractivity contribution in [2.75, 3.05) is 5.73 Å². The van der Waals surface area contributed by atoms with Crippen molar-refractivity contribution >= 4 is 38.2 Å². The van der Waals surface area contributed by atoms with Crippen molar-refractivity contribution < 1.29 is 13.9 Å². The van der Waals surface area contributed by atoms with E-state index in [1.54, 1.807) is 6.20 Å². The van der Waals surface area contributed by atoms with Gasteiger partial charge in [-0.1, -0.05) is 0 Å². The van der Waals surface area contributed by atoms with E-state index in [0.717, 1.165) is 57.8 Å². The third-order valence-electron chi connectivity index (χ3n) is 6.23. The molecule has 0 unspecified atom stereocenters. The smallest absolute Gasteiger partial charge is 0.213 e. The maximum Gasteiger partial charge on any atom is 0.213 e. The van der Waals surface area contributed by atoms with Crippen molar-refractivity contribution in [1.29, 1.82) is 0 Å². The van der Waals surface area contributed by atoms with E-state index in [-0.39, 0.29) is 12.1 Å². The quantitative estimate of drug-likeness (QED) is 0.369. The largest absolute Gasteiger partial charge is 0.452 e. The zero-order valence-corrected chi connectivity index (χ0v) is 17.8. The van der Waals surface area contributed by atoms with Crippen molar-refractivity contribution in [1.82, 2.24) is 19.7 Å². The SMILES string of the molecule is Nc1ncc(-c2cnn([C@H]3CC[C@H](O)CC3)c2)c2cc(-c3csc4cnc(F)cc34)oc12. The van der Waals surface area contributed by atoms with Crippen molar-refractivity contribution in [3.05, 3.63) is 48.2 Å². The number of halogens is 1. The summed E-state index contributed by atoms with van der Waals surface area (Å²) in [5.41, 5.74) is 9.22. The van der Waals surface area contributed by atoms with Crippen LogP contribution in [-0.4, -0.2) is 31.0 Å². The first-order chi connectivity index (χ1) is 15.6. The first-order valence-electron chi connectivity index (χ1n) is 10.5. The summed E-state index contributed by atoms with van der Waals surface area (Å²) in [7, 11) is 0. The molecule has 1 fully saturated rings. The summed E-state index contributed by atoms with van der Waals surface area (Å²) in [4.78, 5) is 8.06. The van der Waals surface area contributed by atoms with Gasteiger partial charge in [-0.2, -0.15) is 9.49 Å². The highest BCUT2D eigenvalue weighted by Crippen LogP contribution is 2.40. The molecule has 32 heavy (non-hydrogen) atoms. The molecule has 5 aromatic heterocycles. The van der Waals surface area contributed by atoms with E-state index >= 15 is 0 Å². The number of fused-ring (bicyclic) bond motifs is 2. The van der Waals surface area contributed by atoms with E-state index < -0.39 is 5.95 Å². The summed E-state index contributed by atoms with van der Waals surface area (Å²) < 4.78 is 22.7. The molecule has 0 bridgehead atoms. The fraction of sp³-hybridized carbons (Fsp3) is 0.261. The van der Waals surface area contributed by atoms with Crippen molar-refractivity contribution in [2.45, 2.75) is 37.8 Å². The van der Waals surface area contributed by atoms with Crippen LogP contribution < -0.4 is 5.73 Å². The summed E-state index contributed by atoms with van der Waals surface area (Å²) >= 11 is 1.48. The number of thiophene rings is 1. The molecule has 6 rings (SSSR count). The van der Waals surface area contributed by atoms with Gasteiger partial charge in [0.05, 0.1) is 23.0 Å². The number of aliphatic hydroxyl groups excluding tert-OH is 1. The molecular weight excluding hydrogens is 429 g/mol. The second kappa shape index (κ2) is 7.39. The number of rotatable bonds is 3. The minimum Gasteiger partial charge on any atom is -0.452 e. The number of aliphatic hydroxyl groups is 1. The van der Waals surface area contributed by atoms with Crippen LogP contribution in [0.2, 0.25) is 0 Å². The Morgan fingerprint density at radius 1 is 1.06 bits per heavy atom. The standard InChI is InChI=1S/C23H20FN5O2S/c24-21-6-15-18(11-32-20(15)9-26-21)19-5-16-17(8-27-23(25)22(16)31-19)12-7-28-29(10-12)13-1-3-14(30)4-2-13/h5-11,13-14,30H,1-4H2,(H2,25,27)/t13-,14-. The monoisotopic (exact) mass is 449 g/mol. The maximum atomic E-state index is 13.8. The highest BCUT2D eigenvalue weighted by Gasteiger charge is 2.23. The lowest BCUT2D eigenvalue weighted by Crippen LogP contribution is -2.21. The number of pyridine rings is 2. The molecule has 0 atom stereocenters. The summed E-state index contributed by atoms with van der Waals surface area (Å²) in [6, 6.07) is 3.63. The molecule has 0 radical (unpaired) electrons. The van der Waals surface area contributed by atoms with Gasteiger partial charge in [-0.15, -0.1) is 11.3 Å². The first kappa shape index (κ1) is 19.4. The van der Waals surface area contributed by atoms with Gasteiger partial charge in [-0.25, -0.2) is 9.97 Å². The summed E-state index contributed by atoms with van der Waals surface area (Å²) in [5, 5.41) is 17.9. The van der Waals surface area contributed by atoms with Crippen molar-refractivity contribution in [3.8, 4) is 22.5 Å². The van der Waals surface area contributed by atoms with Crippen LogP contribution in [0.3, 0.4) is 0 Å². The van der Waals surface area contributed by atoms with Gasteiger partial charge in [-0.05, 0) is 31.7 Å². The fourth-order valence-electron chi connectivity index (χ4n) is 4.50. The van der Waals surface area contributed by atoms with Gasteiger partial charge in [0.1, 0.15) is 5.76 Å². The third-order valence-corrected chi connectivity index (χ3v) is 7.17. The molecule has 9 heteroatoms. The molecule has 0 aliphatic heterocycles. The predicted octanol–water partition coefficient (Wildman–Crippen LogP) is 5.17. The number of hydrogen-bond donors (Lipinski definition) is 2. The van der Waals surface area contributed by atoms with Gasteiger partial charge in [-0.3, -0.25) is 4.68 Å². The molecule has 1 saturated carbocycles. The lowest BCUT2D eigenvalue weighted by Gasteiger charge is -2.25. The number of furan rings is 1. The second-order valence-electron chi connectivity index (χ2n) is 8.23. The van der Waals surface area contributed by atoms with E-state index in [4.69, 9.17) is 10.2 Å². The number of nitrogens with zero attached hydrogens (tertiary/aromatic N) is 4. The minimum absolute atomic E-state index is 0.205. The molecule has 1 aliphatic carbocycles. The molecule has 5 aromatic rings. The highest BCUT2D eigenvalue weighted by molar-refractivity contribution is 7.17. The summed E-state index contributed by atoms with van der Waals surface area (Å²) in [6.07, 6.45) is 10.3. The van der Waals surface area contributed by atoms with E-state index in [1.807, 2.05) is 28.5 Å². The van der Waals surface area contributed by atoms with E-state index in [2.05, 4.69) is 15.1 Å². The molecule has 162 valence electrons. The average Bonchev–Trinajstić information content (AvgIpc) is 3.52. The van der Waals surface area contributed by atoms with Crippen LogP contribution in [0.15, 0.2) is 46.7 Å². The highest BCUT2D eigenvalue weighted by atomic mass is 32.1. The van der Waals surface area contributed by atoms with E-state index in [9.17, 15) is 9.50 Å². The second-order valence-corrected chi connectivity index (χ2v) is 9.15. The molecule has 0 saturated heterocycles. The maximum absolute atomic E-state index is 13.8. The van der Waals surface area contributed by atoms with E-state index in [0.29, 0.717) is 17.2 Å². The Hall–Kier alpha value is -3.30. The Balaban J connectivity index is 1.43. The van der Waals surface area contributed by atoms with Crippen LogP contribution in [0.1, 0.15) is 31.7 Å². The van der Waals surface area contributed by atoms with Crippen LogP contribution in [-0.2, 0) is 0 Å². The van der Waals surface area contributed by atoms with Crippen molar-refractivity contribution in [3.63, 3.8) is 0 Å². The van der Waals surface area contributed by atoms with Gasteiger partial charge in [0.2, 0.25) is 5.95 Å². The van der Waals surface area contributed by atoms with Crippen LogP contribution in [0.5, 0.6) is 0 Å². The molecule has 7 nitrogen and oxygen atoms in total. The Morgan fingerprint density at radius 2 is 1.91 bits per heavy atom. The topological polar surface area (TPSA) is 103 Å². The molecule has 3 N–H and O–H groups in total. The third kappa shape index (κ3) is 3.16. The Bertz CT molecular complexity index is 1450. The summed E-state index contributed by atoms with van der Waals surface area (Å²) in [5.74, 6) is 0.375. The van der Waals surface area contributed by atoms with Gasteiger partial charge in [0.15, 0.2) is 11.4 Å². The summed E-state index contributed by atoms with van der Waals surface area (Å²) in [6.45, 7) is 0. The fourth-order valence-corrected chi connectivity index (χ4v) is 5.40. The lowest BCUT2D eigenvalue weighted by molar-refractivity contribution is 0.108. The molecule has 5 heterocycles. The first-order valence-corrected chi connectivity index (χ1v) is 11.4. The molecule has 1 aliphatic rings. The average molecular weight is 450 g/mol. The normalized spacial score (nSPS) is 19.2.